The molecule has 0 amide bonds. The van der Waals surface area contributed by atoms with Crippen LogP contribution < -0.4 is 0 Å². The van der Waals surface area contributed by atoms with Crippen LogP contribution in [-0.4, -0.2) is 5.11 Å². The Morgan fingerprint density at radius 2 is 1.59 bits per heavy atom. The molecule has 0 bridgehead atoms. The number of aromatic hydroxyl groups is 1. The first-order valence-electron chi connectivity index (χ1n) is 8.07. The lowest BCUT2D eigenvalue weighted by Crippen LogP contribution is -2.16. The van der Waals surface area contributed by atoms with Gasteiger partial charge in [0.2, 0.25) is 0 Å². The summed E-state index contributed by atoms with van der Waals surface area (Å²) in [4.78, 5) is 1.19. The summed E-state index contributed by atoms with van der Waals surface area (Å²) in [5.74, 6) is 0.937. The van der Waals surface area contributed by atoms with Gasteiger partial charge in [0.15, 0.2) is 0 Å². The lowest BCUT2D eigenvalue weighted by Gasteiger charge is -2.29. The van der Waals surface area contributed by atoms with Gasteiger partial charge in [0.1, 0.15) is 5.75 Å². The summed E-state index contributed by atoms with van der Waals surface area (Å²) in [5, 5.41) is 9.43. The normalized spacial score (nSPS) is 15.3. The predicted octanol–water partition coefficient (Wildman–Crippen LogP) is 6.32. The molecule has 2 aromatic rings. The third-order valence-electron chi connectivity index (χ3n) is 4.56. The summed E-state index contributed by atoms with van der Waals surface area (Å²) >= 11 is 1.86. The molecule has 0 radical (unpaired) electrons. The van der Waals surface area contributed by atoms with Gasteiger partial charge in [-0.25, -0.2) is 0 Å². The van der Waals surface area contributed by atoms with Crippen LogP contribution >= 0.6 is 11.8 Å². The third kappa shape index (κ3) is 3.86. The van der Waals surface area contributed by atoms with Gasteiger partial charge in [-0.1, -0.05) is 45.0 Å². The molecule has 0 aliphatic rings. The fraction of sp³-hybridized carbons (Fsp3) is 0.400. The number of thioether (sulfide) groups is 1. The summed E-state index contributed by atoms with van der Waals surface area (Å²) in [6.45, 7) is 9.04. The van der Waals surface area contributed by atoms with Gasteiger partial charge in [-0.2, -0.15) is 0 Å². The number of phenols is 1. The molecule has 0 aromatic heterocycles. The van der Waals surface area contributed by atoms with Gasteiger partial charge in [0.25, 0.3) is 0 Å². The molecule has 0 heterocycles. The average molecular weight is 314 g/mol. The van der Waals surface area contributed by atoms with Gasteiger partial charge in [-0.05, 0) is 61.1 Å². The van der Waals surface area contributed by atoms with E-state index in [9.17, 15) is 5.11 Å². The lowest BCUT2D eigenvalue weighted by atomic mass is 9.92. The van der Waals surface area contributed by atoms with Gasteiger partial charge in [0, 0.05) is 9.64 Å². The zero-order valence-electron chi connectivity index (χ0n) is 14.0. The average Bonchev–Trinajstić information content (AvgIpc) is 2.56. The first-order chi connectivity index (χ1) is 10.5. The number of benzene rings is 2. The van der Waals surface area contributed by atoms with Crippen molar-refractivity contribution in [3.63, 3.8) is 0 Å². The molecule has 0 aliphatic carbocycles. The molecule has 0 saturated carbocycles. The number of hydrogen-bond donors (Lipinski definition) is 1. The molecule has 2 atom stereocenters. The van der Waals surface area contributed by atoms with E-state index in [1.54, 1.807) is 12.1 Å². The van der Waals surface area contributed by atoms with Crippen LogP contribution in [0.5, 0.6) is 5.75 Å². The van der Waals surface area contributed by atoms with Gasteiger partial charge in [-0.15, -0.1) is 11.8 Å². The van der Waals surface area contributed by atoms with E-state index in [0.29, 0.717) is 11.7 Å². The van der Waals surface area contributed by atoms with Gasteiger partial charge < -0.3 is 5.11 Å². The van der Waals surface area contributed by atoms with E-state index in [1.165, 1.54) is 22.4 Å². The van der Waals surface area contributed by atoms with Crippen LogP contribution in [0.25, 0.3) is 0 Å². The summed E-state index contributed by atoms with van der Waals surface area (Å²) < 4.78 is 0.0466. The zero-order chi connectivity index (χ0) is 16.2. The quantitative estimate of drug-likeness (QED) is 0.629. The summed E-state index contributed by atoms with van der Waals surface area (Å²) in [6, 6.07) is 16.6. The Kier molecular flexibility index (Phi) is 5.57. The molecular formula is C20H26OS. The summed E-state index contributed by atoms with van der Waals surface area (Å²) in [6.07, 6.45) is 2.23. The fourth-order valence-electron chi connectivity index (χ4n) is 2.51. The molecular weight excluding hydrogens is 288 g/mol. The van der Waals surface area contributed by atoms with Gasteiger partial charge in [0.05, 0.1) is 0 Å². The maximum Gasteiger partial charge on any atom is 0.115 e. The smallest absolute Gasteiger partial charge is 0.115 e. The van der Waals surface area contributed by atoms with Crippen molar-refractivity contribution in [1.29, 1.82) is 0 Å². The molecule has 0 fully saturated rings. The second kappa shape index (κ2) is 7.23. The highest BCUT2D eigenvalue weighted by atomic mass is 32.2. The van der Waals surface area contributed by atoms with Crippen molar-refractivity contribution in [2.45, 2.75) is 56.1 Å². The minimum Gasteiger partial charge on any atom is -0.508 e. The van der Waals surface area contributed by atoms with E-state index >= 15 is 0 Å². The highest BCUT2D eigenvalue weighted by Gasteiger charge is 2.26. The minimum atomic E-state index is 0.0466. The van der Waals surface area contributed by atoms with Crippen LogP contribution in [0.1, 0.15) is 57.6 Å². The molecule has 2 rings (SSSR count). The molecule has 0 saturated heterocycles. The topological polar surface area (TPSA) is 20.2 Å². The maximum absolute atomic E-state index is 9.43. The summed E-state index contributed by atoms with van der Waals surface area (Å²) in [7, 11) is 0. The lowest BCUT2D eigenvalue weighted by molar-refractivity contribution is 0.475. The second-order valence-corrected chi connectivity index (χ2v) is 7.69. The Balaban J connectivity index is 2.23. The number of hydrogen-bond acceptors (Lipinski definition) is 2. The van der Waals surface area contributed by atoms with Crippen molar-refractivity contribution in [2.75, 3.05) is 0 Å². The van der Waals surface area contributed by atoms with Crippen molar-refractivity contribution in [2.24, 2.45) is 0 Å². The van der Waals surface area contributed by atoms with Crippen LogP contribution in [-0.2, 0) is 4.75 Å². The van der Waals surface area contributed by atoms with Gasteiger partial charge in [-0.3, -0.25) is 0 Å². The van der Waals surface area contributed by atoms with Crippen molar-refractivity contribution in [3.8, 4) is 5.75 Å². The van der Waals surface area contributed by atoms with Crippen LogP contribution in [0, 0.1) is 0 Å². The highest BCUT2D eigenvalue weighted by molar-refractivity contribution is 8.00. The molecule has 0 spiro atoms. The van der Waals surface area contributed by atoms with Crippen molar-refractivity contribution < 1.29 is 5.11 Å². The van der Waals surface area contributed by atoms with E-state index in [-0.39, 0.29) is 4.75 Å². The molecule has 0 aliphatic heterocycles. The van der Waals surface area contributed by atoms with E-state index < -0.39 is 0 Å². The Hall–Kier alpha value is -1.41. The van der Waals surface area contributed by atoms with E-state index in [4.69, 9.17) is 0 Å². The first-order valence-corrected chi connectivity index (χ1v) is 8.88. The van der Waals surface area contributed by atoms with Crippen LogP contribution in [0.4, 0.5) is 0 Å². The van der Waals surface area contributed by atoms with Crippen molar-refractivity contribution >= 4 is 11.8 Å². The monoisotopic (exact) mass is 314 g/mol. The van der Waals surface area contributed by atoms with Crippen molar-refractivity contribution in [3.05, 3.63) is 59.7 Å². The largest absolute Gasteiger partial charge is 0.508 e. The molecule has 2 heteroatoms. The van der Waals surface area contributed by atoms with E-state index in [1.807, 2.05) is 23.9 Å². The predicted molar refractivity (Wildman–Crippen MR) is 96.8 cm³/mol. The molecule has 1 N–H and O–H groups in total. The standard InChI is InChI=1S/C20H26OS/c1-5-15(3)16-7-9-17(10-8-16)20(4,6-2)22-19-13-11-18(21)12-14-19/h7-15,21H,5-6H2,1-4H3. The zero-order valence-corrected chi connectivity index (χ0v) is 14.8. The molecule has 22 heavy (non-hydrogen) atoms. The molecule has 1 nitrogen and oxygen atoms in total. The Labute approximate surface area is 138 Å². The highest BCUT2D eigenvalue weighted by Crippen LogP contribution is 2.44. The maximum atomic E-state index is 9.43. The molecule has 2 aromatic carbocycles. The minimum absolute atomic E-state index is 0.0466. The Bertz CT molecular complexity index is 588. The van der Waals surface area contributed by atoms with Crippen molar-refractivity contribution in [1.82, 2.24) is 0 Å². The van der Waals surface area contributed by atoms with Crippen LogP contribution in [0.2, 0.25) is 0 Å². The summed E-state index contributed by atoms with van der Waals surface area (Å²) in [5.41, 5.74) is 2.78. The first kappa shape index (κ1) is 17.0. The molecule has 2 unspecified atom stereocenters. The number of phenolic OH excluding ortho intramolecular Hbond substituents is 1. The van der Waals surface area contributed by atoms with Crippen LogP contribution in [0.3, 0.4) is 0 Å². The SMILES string of the molecule is CCC(C)c1ccc(C(C)(CC)Sc2ccc(O)cc2)cc1. The third-order valence-corrected chi connectivity index (χ3v) is 6.04. The number of rotatable bonds is 6. The van der Waals surface area contributed by atoms with Crippen LogP contribution in [0.15, 0.2) is 53.4 Å². The Morgan fingerprint density at radius 1 is 1.00 bits per heavy atom. The van der Waals surface area contributed by atoms with E-state index in [2.05, 4.69) is 52.0 Å². The molecule has 118 valence electrons. The second-order valence-electron chi connectivity index (χ2n) is 6.11. The Morgan fingerprint density at radius 3 is 2.09 bits per heavy atom. The fourth-order valence-corrected chi connectivity index (χ4v) is 3.70. The van der Waals surface area contributed by atoms with E-state index in [0.717, 1.165) is 6.42 Å². The van der Waals surface area contributed by atoms with Gasteiger partial charge >= 0.3 is 0 Å².